The molecule has 0 bridgehead atoms. The molecule has 1 amide bonds. The van der Waals surface area contributed by atoms with Gasteiger partial charge in [-0.3, -0.25) is 4.79 Å². The van der Waals surface area contributed by atoms with Crippen LogP contribution in [0.1, 0.15) is 34.5 Å². The summed E-state index contributed by atoms with van der Waals surface area (Å²) in [6, 6.07) is 20.6. The highest BCUT2D eigenvalue weighted by molar-refractivity contribution is 9.10. The van der Waals surface area contributed by atoms with Crippen molar-refractivity contribution >= 4 is 44.9 Å². The molecule has 1 atom stereocenters. The SMILES string of the molecule is COc1ccc(/C=C/C(=O)Oc2ccc3cc(C(=O)NC(C)c4ccccc4)c(=O)oc3c2)cc1Br. The fraction of sp³-hybridized carbons (Fsp3) is 0.107. The van der Waals surface area contributed by atoms with E-state index < -0.39 is 17.5 Å². The average molecular weight is 548 g/mol. The summed E-state index contributed by atoms with van der Waals surface area (Å²) >= 11 is 3.40. The zero-order valence-electron chi connectivity index (χ0n) is 19.5. The lowest BCUT2D eigenvalue weighted by molar-refractivity contribution is -0.128. The minimum Gasteiger partial charge on any atom is -0.496 e. The molecule has 0 aliphatic heterocycles. The predicted octanol–water partition coefficient (Wildman–Crippen LogP) is 5.67. The van der Waals surface area contributed by atoms with Crippen LogP contribution in [0, 0.1) is 0 Å². The monoisotopic (exact) mass is 547 g/mol. The Morgan fingerprint density at radius 3 is 2.53 bits per heavy atom. The third-order valence-corrected chi connectivity index (χ3v) is 6.03. The third kappa shape index (κ3) is 5.90. The summed E-state index contributed by atoms with van der Waals surface area (Å²) < 4.78 is 16.6. The summed E-state index contributed by atoms with van der Waals surface area (Å²) in [5, 5.41) is 3.33. The molecule has 1 aromatic heterocycles. The summed E-state index contributed by atoms with van der Waals surface area (Å²) in [5.74, 6) is -0.257. The van der Waals surface area contributed by atoms with Crippen molar-refractivity contribution < 1.29 is 23.5 Å². The zero-order valence-corrected chi connectivity index (χ0v) is 21.1. The van der Waals surface area contributed by atoms with Gasteiger partial charge in [-0.2, -0.15) is 0 Å². The van der Waals surface area contributed by atoms with Crippen LogP contribution in [-0.2, 0) is 4.79 Å². The van der Waals surface area contributed by atoms with E-state index in [2.05, 4.69) is 21.2 Å². The molecule has 0 radical (unpaired) electrons. The van der Waals surface area contributed by atoms with Gasteiger partial charge in [0.15, 0.2) is 0 Å². The first-order valence-electron chi connectivity index (χ1n) is 11.0. The molecule has 0 fully saturated rings. The first-order chi connectivity index (χ1) is 17.3. The highest BCUT2D eigenvalue weighted by atomic mass is 79.9. The lowest BCUT2D eigenvalue weighted by atomic mass is 10.1. The fourth-order valence-corrected chi connectivity index (χ4v) is 4.07. The molecular weight excluding hydrogens is 526 g/mol. The Balaban J connectivity index is 1.46. The largest absolute Gasteiger partial charge is 0.496 e. The van der Waals surface area contributed by atoms with Crippen LogP contribution < -0.4 is 20.4 Å². The van der Waals surface area contributed by atoms with Crippen LogP contribution in [0.3, 0.4) is 0 Å². The molecule has 182 valence electrons. The average Bonchev–Trinajstić information content (AvgIpc) is 2.87. The Morgan fingerprint density at radius 2 is 1.81 bits per heavy atom. The number of fused-ring (bicyclic) bond motifs is 1. The standard InChI is InChI=1S/C28H22BrNO6/c1-17(19-6-4-3-5-7-19)30-27(32)22-15-20-10-11-21(16-25(20)36-28(22)33)35-26(31)13-9-18-8-12-24(34-2)23(29)14-18/h3-17H,1-2H3,(H,30,32)/b13-9+. The smallest absolute Gasteiger partial charge is 0.349 e. The lowest BCUT2D eigenvalue weighted by Gasteiger charge is -2.14. The van der Waals surface area contributed by atoms with E-state index >= 15 is 0 Å². The normalized spacial score (nSPS) is 11.9. The van der Waals surface area contributed by atoms with Crippen molar-refractivity contribution in [3.8, 4) is 11.5 Å². The maximum Gasteiger partial charge on any atom is 0.349 e. The van der Waals surface area contributed by atoms with Gasteiger partial charge in [-0.25, -0.2) is 9.59 Å². The topological polar surface area (TPSA) is 94.8 Å². The number of carbonyl (C=O) groups is 2. The molecule has 8 heteroatoms. The Kier molecular flexibility index (Phi) is 7.65. The van der Waals surface area contributed by atoms with Gasteiger partial charge in [0, 0.05) is 17.5 Å². The molecule has 1 N–H and O–H groups in total. The number of hydrogen-bond acceptors (Lipinski definition) is 6. The highest BCUT2D eigenvalue weighted by Crippen LogP contribution is 2.26. The van der Waals surface area contributed by atoms with Crippen LogP contribution in [0.4, 0.5) is 0 Å². The number of esters is 1. The van der Waals surface area contributed by atoms with Gasteiger partial charge in [-0.15, -0.1) is 0 Å². The second-order valence-electron chi connectivity index (χ2n) is 7.90. The first kappa shape index (κ1) is 24.9. The van der Waals surface area contributed by atoms with Gasteiger partial charge in [0.05, 0.1) is 17.6 Å². The molecule has 0 aliphatic rings. The summed E-state index contributed by atoms with van der Waals surface area (Å²) in [6.07, 6.45) is 2.89. The molecule has 4 aromatic rings. The van der Waals surface area contributed by atoms with Gasteiger partial charge in [0.25, 0.3) is 5.91 Å². The Morgan fingerprint density at radius 1 is 1.03 bits per heavy atom. The molecule has 1 heterocycles. The number of ether oxygens (including phenoxy) is 2. The molecule has 7 nitrogen and oxygen atoms in total. The molecule has 1 unspecified atom stereocenters. The van der Waals surface area contributed by atoms with E-state index in [1.54, 1.807) is 37.5 Å². The van der Waals surface area contributed by atoms with Gasteiger partial charge < -0.3 is 19.2 Å². The van der Waals surface area contributed by atoms with Crippen LogP contribution in [0.15, 0.2) is 92.6 Å². The molecule has 0 saturated heterocycles. The minimum atomic E-state index is -0.784. The molecular formula is C28H22BrNO6. The molecule has 0 spiro atoms. The summed E-state index contributed by atoms with van der Waals surface area (Å²) in [4.78, 5) is 37.5. The van der Waals surface area contributed by atoms with E-state index in [9.17, 15) is 14.4 Å². The van der Waals surface area contributed by atoms with Crippen LogP contribution in [0.5, 0.6) is 11.5 Å². The molecule has 0 aliphatic carbocycles. The van der Waals surface area contributed by atoms with E-state index in [0.717, 1.165) is 15.6 Å². The van der Waals surface area contributed by atoms with Crippen molar-refractivity contribution in [1.82, 2.24) is 5.32 Å². The summed E-state index contributed by atoms with van der Waals surface area (Å²) in [6.45, 7) is 1.83. The van der Waals surface area contributed by atoms with Gasteiger partial charge in [-0.1, -0.05) is 36.4 Å². The summed E-state index contributed by atoms with van der Waals surface area (Å²) in [5.41, 5.74) is 0.992. The van der Waals surface area contributed by atoms with Crippen molar-refractivity contribution in [2.75, 3.05) is 7.11 Å². The number of carbonyl (C=O) groups excluding carboxylic acids is 2. The Hall–Kier alpha value is -4.17. The van der Waals surface area contributed by atoms with Crippen molar-refractivity contribution in [1.29, 1.82) is 0 Å². The number of nitrogens with one attached hydrogen (secondary N) is 1. The van der Waals surface area contributed by atoms with Gasteiger partial charge in [-0.05, 0) is 70.4 Å². The van der Waals surface area contributed by atoms with E-state index in [0.29, 0.717) is 11.1 Å². The van der Waals surface area contributed by atoms with E-state index in [-0.39, 0.29) is 22.9 Å². The van der Waals surface area contributed by atoms with Crippen molar-refractivity contribution in [3.05, 3.63) is 110 Å². The van der Waals surface area contributed by atoms with Crippen molar-refractivity contribution in [3.63, 3.8) is 0 Å². The van der Waals surface area contributed by atoms with Gasteiger partial charge in [0.2, 0.25) is 0 Å². The number of amides is 1. The second kappa shape index (κ2) is 11.0. The molecule has 36 heavy (non-hydrogen) atoms. The number of methoxy groups -OCH3 is 1. The third-order valence-electron chi connectivity index (χ3n) is 5.41. The van der Waals surface area contributed by atoms with Crippen molar-refractivity contribution in [2.24, 2.45) is 0 Å². The molecule has 4 rings (SSSR count). The highest BCUT2D eigenvalue weighted by Gasteiger charge is 2.17. The van der Waals surface area contributed by atoms with Gasteiger partial charge >= 0.3 is 11.6 Å². The second-order valence-corrected chi connectivity index (χ2v) is 8.76. The van der Waals surface area contributed by atoms with Crippen LogP contribution in [-0.4, -0.2) is 19.0 Å². The van der Waals surface area contributed by atoms with E-state index in [4.69, 9.17) is 13.9 Å². The number of halogens is 1. The van der Waals surface area contributed by atoms with Crippen LogP contribution >= 0.6 is 15.9 Å². The Labute approximate surface area is 215 Å². The maximum absolute atomic E-state index is 12.7. The zero-order chi connectivity index (χ0) is 25.7. The summed E-state index contributed by atoms with van der Waals surface area (Å²) in [7, 11) is 1.57. The number of rotatable bonds is 7. The van der Waals surface area contributed by atoms with Crippen molar-refractivity contribution in [2.45, 2.75) is 13.0 Å². The quantitative estimate of drug-likeness (QED) is 0.138. The predicted molar refractivity (Wildman–Crippen MR) is 140 cm³/mol. The first-order valence-corrected chi connectivity index (χ1v) is 11.8. The van der Waals surface area contributed by atoms with Crippen LogP contribution in [0.2, 0.25) is 0 Å². The molecule has 0 saturated carbocycles. The van der Waals surface area contributed by atoms with E-state index in [1.807, 2.05) is 43.3 Å². The number of benzene rings is 3. The molecule has 3 aromatic carbocycles. The minimum absolute atomic E-state index is 0.108. The van der Waals surface area contributed by atoms with E-state index in [1.165, 1.54) is 18.2 Å². The lowest BCUT2D eigenvalue weighted by Crippen LogP contribution is -2.30. The number of hydrogen-bond donors (Lipinski definition) is 1. The Bertz CT molecular complexity index is 1510. The fourth-order valence-electron chi connectivity index (χ4n) is 3.51. The van der Waals surface area contributed by atoms with Crippen LogP contribution in [0.25, 0.3) is 17.0 Å². The maximum atomic E-state index is 12.7. The van der Waals surface area contributed by atoms with Gasteiger partial charge in [0.1, 0.15) is 22.6 Å².